The number of nitrogens with one attached hydrogen (secondary N) is 1. The highest BCUT2D eigenvalue weighted by molar-refractivity contribution is 6.04. The van der Waals surface area contributed by atoms with Crippen LogP contribution in [0.1, 0.15) is 48.4 Å². The van der Waals surface area contributed by atoms with Gasteiger partial charge in [-0.2, -0.15) is 0 Å². The molecule has 34 heavy (non-hydrogen) atoms. The Bertz CT molecular complexity index is 1260. The number of hydrogen-bond donors (Lipinski definition) is 1. The van der Waals surface area contributed by atoms with Gasteiger partial charge in [0.15, 0.2) is 0 Å². The minimum atomic E-state index is -0.479. The fraction of sp³-hybridized carbons (Fsp3) is 0.333. The molecule has 3 aromatic rings. The summed E-state index contributed by atoms with van der Waals surface area (Å²) in [5, 5.41) is 2.73. The monoisotopic (exact) mass is 460 g/mol. The minimum absolute atomic E-state index is 0.133. The number of rotatable bonds is 5. The normalized spacial score (nSPS) is 13.5. The molecule has 1 N–H and O–H groups in total. The van der Waals surface area contributed by atoms with Crippen LogP contribution in [0.15, 0.2) is 42.9 Å². The molecule has 0 aliphatic carbocycles. The number of aryl methyl sites for hydroxylation is 1. The molecule has 1 saturated heterocycles. The molecular weight excluding hydrogens is 431 g/mol. The third kappa shape index (κ3) is 4.97. The number of ether oxygens (including phenoxy) is 1. The lowest BCUT2D eigenvalue weighted by atomic mass is 9.99. The predicted molar refractivity (Wildman–Crippen MR) is 133 cm³/mol. The highest BCUT2D eigenvalue weighted by atomic mass is 19.1. The van der Waals surface area contributed by atoms with Crippen molar-refractivity contribution >= 4 is 17.3 Å². The van der Waals surface area contributed by atoms with Gasteiger partial charge in [-0.15, -0.1) is 0 Å². The van der Waals surface area contributed by atoms with Crippen molar-refractivity contribution in [3.8, 4) is 23.0 Å². The fourth-order valence-electron chi connectivity index (χ4n) is 4.00. The van der Waals surface area contributed by atoms with Gasteiger partial charge in [-0.3, -0.25) is 4.79 Å². The standard InChI is InChI=1S/C27H29FN4O2/c1-5-6-24-26(31-9-11-34-12-10-31)14-21(16-29-24)22-15-25(23(28)13-19(22)4)30-27(33)20-7-8-32(17-20)18(2)3/h7-8,13-18H,9-12H2,1-4H3,(H,30,33). The Morgan fingerprint density at radius 3 is 2.68 bits per heavy atom. The number of carbonyl (C=O) groups is 1. The van der Waals surface area contributed by atoms with E-state index in [1.54, 1.807) is 31.5 Å². The van der Waals surface area contributed by atoms with Crippen LogP contribution < -0.4 is 10.2 Å². The molecule has 1 fully saturated rings. The number of nitrogens with zero attached hydrogens (tertiary/aromatic N) is 3. The summed E-state index contributed by atoms with van der Waals surface area (Å²) in [6.45, 7) is 10.5. The lowest BCUT2D eigenvalue weighted by Crippen LogP contribution is -2.36. The molecule has 1 amide bonds. The van der Waals surface area contributed by atoms with Crippen molar-refractivity contribution in [2.45, 2.75) is 33.7 Å². The van der Waals surface area contributed by atoms with Crippen molar-refractivity contribution in [1.82, 2.24) is 9.55 Å². The Balaban J connectivity index is 1.68. The molecule has 0 spiro atoms. The maximum Gasteiger partial charge on any atom is 0.257 e. The molecule has 0 bridgehead atoms. The molecule has 176 valence electrons. The van der Waals surface area contributed by atoms with E-state index in [0.717, 1.165) is 35.5 Å². The van der Waals surface area contributed by atoms with Gasteiger partial charge in [-0.25, -0.2) is 9.37 Å². The topological polar surface area (TPSA) is 59.4 Å². The summed E-state index contributed by atoms with van der Waals surface area (Å²) in [4.78, 5) is 19.6. The maximum absolute atomic E-state index is 14.8. The summed E-state index contributed by atoms with van der Waals surface area (Å²) in [5.41, 5.74) is 4.64. The molecule has 0 unspecified atom stereocenters. The highest BCUT2D eigenvalue weighted by Gasteiger charge is 2.19. The van der Waals surface area contributed by atoms with Crippen LogP contribution in [-0.2, 0) is 4.74 Å². The summed E-state index contributed by atoms with van der Waals surface area (Å²) in [6.07, 6.45) is 5.35. The van der Waals surface area contributed by atoms with Crippen LogP contribution in [0.2, 0.25) is 0 Å². The summed E-state index contributed by atoms with van der Waals surface area (Å²) >= 11 is 0. The van der Waals surface area contributed by atoms with Crippen molar-refractivity contribution in [3.63, 3.8) is 0 Å². The van der Waals surface area contributed by atoms with E-state index in [4.69, 9.17) is 4.74 Å². The van der Waals surface area contributed by atoms with Crippen molar-refractivity contribution in [2.75, 3.05) is 36.5 Å². The maximum atomic E-state index is 14.8. The van der Waals surface area contributed by atoms with E-state index >= 15 is 0 Å². The van der Waals surface area contributed by atoms with Gasteiger partial charge in [0.1, 0.15) is 11.5 Å². The van der Waals surface area contributed by atoms with Gasteiger partial charge >= 0.3 is 0 Å². The van der Waals surface area contributed by atoms with E-state index in [9.17, 15) is 9.18 Å². The zero-order valence-electron chi connectivity index (χ0n) is 20.0. The van der Waals surface area contributed by atoms with Crippen LogP contribution in [0.25, 0.3) is 11.1 Å². The molecule has 1 aliphatic rings. The third-order valence-corrected chi connectivity index (χ3v) is 5.91. The molecule has 1 aliphatic heterocycles. The van der Waals surface area contributed by atoms with Gasteiger partial charge in [-0.05, 0) is 69.0 Å². The van der Waals surface area contributed by atoms with Gasteiger partial charge < -0.3 is 19.5 Å². The van der Waals surface area contributed by atoms with Gasteiger partial charge in [0.05, 0.1) is 30.2 Å². The van der Waals surface area contributed by atoms with Gasteiger partial charge in [0.2, 0.25) is 0 Å². The Kier molecular flexibility index (Phi) is 6.99. The van der Waals surface area contributed by atoms with Gasteiger partial charge in [0, 0.05) is 43.3 Å². The molecule has 2 aromatic heterocycles. The van der Waals surface area contributed by atoms with E-state index < -0.39 is 5.82 Å². The molecule has 0 radical (unpaired) electrons. The second-order valence-electron chi connectivity index (χ2n) is 8.61. The first-order chi connectivity index (χ1) is 16.4. The van der Waals surface area contributed by atoms with Crippen molar-refractivity contribution in [3.05, 3.63) is 65.5 Å². The van der Waals surface area contributed by atoms with Crippen LogP contribution in [-0.4, -0.2) is 41.8 Å². The minimum Gasteiger partial charge on any atom is -0.378 e. The highest BCUT2D eigenvalue weighted by Crippen LogP contribution is 2.32. The van der Waals surface area contributed by atoms with Gasteiger partial charge in [0.25, 0.3) is 5.91 Å². The quantitative estimate of drug-likeness (QED) is 0.542. The molecule has 6 nitrogen and oxygen atoms in total. The smallest absolute Gasteiger partial charge is 0.257 e. The van der Waals surface area contributed by atoms with Crippen LogP contribution in [0.4, 0.5) is 15.8 Å². The van der Waals surface area contributed by atoms with E-state index in [-0.39, 0.29) is 17.6 Å². The van der Waals surface area contributed by atoms with E-state index in [0.29, 0.717) is 24.5 Å². The molecule has 1 aromatic carbocycles. The number of morpholine rings is 1. The van der Waals surface area contributed by atoms with Crippen LogP contribution >= 0.6 is 0 Å². The summed E-state index contributed by atoms with van der Waals surface area (Å²) < 4.78 is 22.2. The van der Waals surface area contributed by atoms with Crippen LogP contribution in [0.5, 0.6) is 0 Å². The molecule has 3 heterocycles. The first-order valence-corrected chi connectivity index (χ1v) is 11.4. The Hall–Kier alpha value is -3.63. The molecule has 0 atom stereocenters. The lowest BCUT2D eigenvalue weighted by Gasteiger charge is -2.29. The fourth-order valence-corrected chi connectivity index (χ4v) is 4.00. The predicted octanol–water partition coefficient (Wildman–Crippen LogP) is 5.04. The second-order valence-corrected chi connectivity index (χ2v) is 8.61. The first-order valence-electron chi connectivity index (χ1n) is 11.4. The van der Waals surface area contributed by atoms with Crippen molar-refractivity contribution in [2.24, 2.45) is 0 Å². The number of benzene rings is 1. The molecular formula is C27H29FN4O2. The lowest BCUT2D eigenvalue weighted by molar-refractivity contribution is 0.102. The number of anilines is 2. The Labute approximate surface area is 199 Å². The zero-order valence-corrected chi connectivity index (χ0v) is 20.0. The molecule has 0 saturated carbocycles. The van der Waals surface area contributed by atoms with E-state index in [1.165, 1.54) is 6.07 Å². The summed E-state index contributed by atoms with van der Waals surface area (Å²) in [7, 11) is 0. The average Bonchev–Trinajstić information content (AvgIpc) is 3.33. The summed E-state index contributed by atoms with van der Waals surface area (Å²) in [6, 6.07) is 7.12. The van der Waals surface area contributed by atoms with Crippen LogP contribution in [0, 0.1) is 24.6 Å². The number of amides is 1. The Morgan fingerprint density at radius 2 is 2.00 bits per heavy atom. The van der Waals surface area contributed by atoms with E-state index in [2.05, 4.69) is 27.0 Å². The average molecular weight is 461 g/mol. The number of aromatic nitrogens is 2. The SMILES string of the molecule is CC#Cc1ncc(-c2cc(NC(=O)c3ccn(C(C)C)c3)c(F)cc2C)cc1N1CCOCC1. The number of hydrogen-bond acceptors (Lipinski definition) is 4. The zero-order chi connectivity index (χ0) is 24.2. The first kappa shape index (κ1) is 23.5. The third-order valence-electron chi connectivity index (χ3n) is 5.91. The number of pyridine rings is 1. The van der Waals surface area contributed by atoms with Crippen molar-refractivity contribution < 1.29 is 13.9 Å². The van der Waals surface area contributed by atoms with E-state index in [1.807, 2.05) is 37.6 Å². The summed E-state index contributed by atoms with van der Waals surface area (Å²) in [5.74, 6) is 5.17. The molecule has 4 rings (SSSR count). The van der Waals surface area contributed by atoms with Crippen LogP contribution in [0.3, 0.4) is 0 Å². The number of carbonyl (C=O) groups excluding carboxylic acids is 1. The van der Waals surface area contributed by atoms with Gasteiger partial charge in [-0.1, -0.05) is 5.92 Å². The molecule has 7 heteroatoms. The van der Waals surface area contributed by atoms with Crippen molar-refractivity contribution in [1.29, 1.82) is 0 Å². The Morgan fingerprint density at radius 1 is 1.24 bits per heavy atom. The number of halogens is 1. The largest absolute Gasteiger partial charge is 0.378 e. The second kappa shape index (κ2) is 10.1.